The van der Waals surface area contributed by atoms with Gasteiger partial charge in [0, 0.05) is 0 Å². The summed E-state index contributed by atoms with van der Waals surface area (Å²) in [5.41, 5.74) is 0.600. The number of phenols is 2. The van der Waals surface area contributed by atoms with Gasteiger partial charge in [-0.15, -0.1) is 0 Å². The smallest absolute Gasteiger partial charge is 0.321 e. The largest absolute Gasteiger partial charge is 0.508 e. The Labute approximate surface area is 149 Å². The van der Waals surface area contributed by atoms with Crippen LogP contribution in [0.2, 0.25) is 0 Å². The van der Waals surface area contributed by atoms with E-state index in [1.54, 1.807) is 48.5 Å². The van der Waals surface area contributed by atoms with E-state index in [1.165, 1.54) is 0 Å². The Balaban J connectivity index is 2.55. The fraction of sp³-hybridized carbons (Fsp3) is 0.381. The maximum absolute atomic E-state index is 13.2. The third kappa shape index (κ3) is 4.13. The predicted octanol–water partition coefficient (Wildman–Crippen LogP) is 4.53. The average Bonchev–Trinajstić information content (AvgIpc) is 2.61. The Morgan fingerprint density at radius 2 is 1.36 bits per heavy atom. The van der Waals surface area contributed by atoms with Gasteiger partial charge in [-0.3, -0.25) is 4.79 Å². The van der Waals surface area contributed by atoms with E-state index in [0.717, 1.165) is 30.4 Å². The van der Waals surface area contributed by atoms with Crippen molar-refractivity contribution in [2.45, 2.75) is 44.9 Å². The lowest BCUT2D eigenvalue weighted by atomic mass is 9.71. The average molecular weight is 342 g/mol. The molecule has 2 N–H and O–H groups in total. The van der Waals surface area contributed by atoms with Crippen molar-refractivity contribution in [1.82, 2.24) is 0 Å². The van der Waals surface area contributed by atoms with Crippen molar-refractivity contribution in [3.8, 4) is 11.5 Å². The Morgan fingerprint density at radius 3 is 1.76 bits per heavy atom. The molecule has 0 aliphatic rings. The van der Waals surface area contributed by atoms with Crippen molar-refractivity contribution in [2.75, 3.05) is 6.61 Å². The monoisotopic (exact) mass is 342 g/mol. The number of hydrogen-bond acceptors (Lipinski definition) is 4. The predicted molar refractivity (Wildman–Crippen MR) is 97.8 cm³/mol. The molecule has 0 fully saturated rings. The summed E-state index contributed by atoms with van der Waals surface area (Å²) in [7, 11) is 0. The standard InChI is InChI=1S/C21H26O4/c1-3-5-15-25-20(24)21(14-4-2,16-6-10-18(22)11-7-16)17-8-12-19(23)13-9-17/h6-13,22-23H,3-5,14-15H2,1-2H3. The maximum atomic E-state index is 13.2. The van der Waals surface area contributed by atoms with Crippen LogP contribution < -0.4 is 0 Å². The summed E-state index contributed by atoms with van der Waals surface area (Å²) in [5, 5.41) is 19.2. The van der Waals surface area contributed by atoms with Crippen LogP contribution in [-0.4, -0.2) is 22.8 Å². The van der Waals surface area contributed by atoms with Crippen molar-refractivity contribution in [1.29, 1.82) is 0 Å². The molecule has 0 aromatic heterocycles. The van der Waals surface area contributed by atoms with E-state index in [0.29, 0.717) is 13.0 Å². The molecule has 0 spiro atoms. The summed E-state index contributed by atoms with van der Waals surface area (Å²) in [5.74, 6) is 0.0117. The molecule has 0 aliphatic heterocycles. The van der Waals surface area contributed by atoms with Crippen molar-refractivity contribution in [3.05, 3.63) is 59.7 Å². The number of phenolic OH excluding ortho intramolecular Hbond substituents is 2. The molecule has 0 unspecified atom stereocenters. The molecule has 0 saturated heterocycles. The zero-order chi connectivity index (χ0) is 18.3. The number of benzene rings is 2. The van der Waals surface area contributed by atoms with Crippen molar-refractivity contribution < 1.29 is 19.7 Å². The lowest BCUT2D eigenvalue weighted by Crippen LogP contribution is -2.39. The SMILES string of the molecule is CCCCOC(=O)C(CCC)(c1ccc(O)cc1)c1ccc(O)cc1. The highest BCUT2D eigenvalue weighted by molar-refractivity contribution is 5.87. The molecule has 0 amide bonds. The number of hydrogen-bond donors (Lipinski definition) is 2. The molecule has 0 heterocycles. The molecule has 0 aliphatic carbocycles. The first-order valence-corrected chi connectivity index (χ1v) is 8.80. The highest BCUT2D eigenvalue weighted by atomic mass is 16.5. The van der Waals surface area contributed by atoms with Gasteiger partial charge in [0.1, 0.15) is 16.9 Å². The van der Waals surface area contributed by atoms with Crippen LogP contribution >= 0.6 is 0 Å². The highest BCUT2D eigenvalue weighted by Crippen LogP contribution is 2.39. The first-order chi connectivity index (χ1) is 12.0. The van der Waals surface area contributed by atoms with Gasteiger partial charge < -0.3 is 14.9 Å². The maximum Gasteiger partial charge on any atom is 0.321 e. The third-order valence-corrected chi connectivity index (χ3v) is 4.42. The van der Waals surface area contributed by atoms with Gasteiger partial charge in [-0.05, 0) is 48.2 Å². The number of rotatable bonds is 8. The second-order valence-corrected chi connectivity index (χ2v) is 6.24. The molecule has 134 valence electrons. The summed E-state index contributed by atoms with van der Waals surface area (Å²) < 4.78 is 5.61. The van der Waals surface area contributed by atoms with Crippen molar-refractivity contribution >= 4 is 5.97 Å². The zero-order valence-corrected chi connectivity index (χ0v) is 14.9. The number of esters is 1. The molecule has 0 radical (unpaired) electrons. The summed E-state index contributed by atoms with van der Waals surface area (Å²) >= 11 is 0. The molecule has 0 saturated carbocycles. The summed E-state index contributed by atoms with van der Waals surface area (Å²) in [4.78, 5) is 13.2. The molecule has 25 heavy (non-hydrogen) atoms. The van der Waals surface area contributed by atoms with Crippen LogP contribution in [0.1, 0.15) is 50.7 Å². The number of carbonyl (C=O) groups is 1. The molecule has 2 aromatic carbocycles. The van der Waals surface area contributed by atoms with Gasteiger partial charge in [-0.1, -0.05) is 51.0 Å². The molecule has 2 aromatic rings. The van der Waals surface area contributed by atoms with Crippen LogP contribution in [0.25, 0.3) is 0 Å². The molecule has 2 rings (SSSR count). The number of ether oxygens (including phenoxy) is 1. The Morgan fingerprint density at radius 1 is 0.880 bits per heavy atom. The fourth-order valence-corrected chi connectivity index (χ4v) is 3.09. The van der Waals surface area contributed by atoms with Crippen molar-refractivity contribution in [2.24, 2.45) is 0 Å². The summed E-state index contributed by atoms with van der Waals surface area (Å²) in [6.45, 7) is 4.46. The molecular formula is C21H26O4. The van der Waals surface area contributed by atoms with Crippen LogP contribution in [0.4, 0.5) is 0 Å². The van der Waals surface area contributed by atoms with Gasteiger partial charge in [0.15, 0.2) is 0 Å². The number of carbonyl (C=O) groups excluding carboxylic acids is 1. The van der Waals surface area contributed by atoms with Gasteiger partial charge in [-0.25, -0.2) is 0 Å². The van der Waals surface area contributed by atoms with E-state index in [2.05, 4.69) is 0 Å². The molecular weight excluding hydrogens is 316 g/mol. The van der Waals surface area contributed by atoms with Crippen LogP contribution in [0.5, 0.6) is 11.5 Å². The molecule has 4 heteroatoms. The van der Waals surface area contributed by atoms with Crippen LogP contribution in [-0.2, 0) is 14.9 Å². The summed E-state index contributed by atoms with van der Waals surface area (Å²) in [6.07, 6.45) is 3.13. The van der Waals surface area contributed by atoms with Crippen LogP contribution in [0, 0.1) is 0 Å². The van der Waals surface area contributed by atoms with E-state index in [1.807, 2.05) is 13.8 Å². The topological polar surface area (TPSA) is 66.8 Å². The minimum absolute atomic E-state index is 0.152. The first kappa shape index (κ1) is 18.8. The number of unbranched alkanes of at least 4 members (excludes halogenated alkanes) is 1. The van der Waals surface area contributed by atoms with Crippen LogP contribution in [0.3, 0.4) is 0 Å². The zero-order valence-electron chi connectivity index (χ0n) is 14.9. The van der Waals surface area contributed by atoms with Crippen LogP contribution in [0.15, 0.2) is 48.5 Å². The third-order valence-electron chi connectivity index (χ3n) is 4.42. The Hall–Kier alpha value is -2.49. The lowest BCUT2D eigenvalue weighted by molar-refractivity contribution is -0.149. The Bertz CT molecular complexity index is 629. The quantitative estimate of drug-likeness (QED) is 0.546. The number of aromatic hydroxyl groups is 2. The Kier molecular flexibility index (Phi) is 6.45. The highest BCUT2D eigenvalue weighted by Gasteiger charge is 2.42. The molecule has 4 nitrogen and oxygen atoms in total. The summed E-state index contributed by atoms with van der Waals surface area (Å²) in [6, 6.07) is 13.4. The van der Waals surface area contributed by atoms with Gasteiger partial charge >= 0.3 is 5.97 Å². The second-order valence-electron chi connectivity index (χ2n) is 6.24. The minimum atomic E-state index is -0.954. The van der Waals surface area contributed by atoms with E-state index in [9.17, 15) is 15.0 Å². The van der Waals surface area contributed by atoms with Gasteiger partial charge in [0.05, 0.1) is 6.61 Å². The van der Waals surface area contributed by atoms with Gasteiger partial charge in [0.25, 0.3) is 0 Å². The van der Waals surface area contributed by atoms with E-state index >= 15 is 0 Å². The van der Waals surface area contributed by atoms with Crippen molar-refractivity contribution in [3.63, 3.8) is 0 Å². The van der Waals surface area contributed by atoms with E-state index in [4.69, 9.17) is 4.74 Å². The second kappa shape index (κ2) is 8.56. The minimum Gasteiger partial charge on any atom is -0.508 e. The van der Waals surface area contributed by atoms with E-state index in [-0.39, 0.29) is 17.5 Å². The molecule has 0 atom stereocenters. The van der Waals surface area contributed by atoms with Gasteiger partial charge in [-0.2, -0.15) is 0 Å². The normalized spacial score (nSPS) is 11.3. The van der Waals surface area contributed by atoms with Gasteiger partial charge in [0.2, 0.25) is 0 Å². The lowest BCUT2D eigenvalue weighted by Gasteiger charge is -2.32. The molecule has 0 bridgehead atoms. The van der Waals surface area contributed by atoms with E-state index < -0.39 is 5.41 Å². The first-order valence-electron chi connectivity index (χ1n) is 8.80. The fourth-order valence-electron chi connectivity index (χ4n) is 3.09.